The number of hydrogen-bond acceptors (Lipinski definition) is 5. The zero-order valence-corrected chi connectivity index (χ0v) is 12.5. The molecule has 0 saturated carbocycles. The first-order valence-corrected chi connectivity index (χ1v) is 7.17. The fourth-order valence-corrected chi connectivity index (χ4v) is 2.60. The minimum absolute atomic E-state index is 0.0346. The first kappa shape index (κ1) is 15.0. The van der Waals surface area contributed by atoms with E-state index in [1.54, 1.807) is 0 Å². The monoisotopic (exact) mass is 305 g/mol. The van der Waals surface area contributed by atoms with Gasteiger partial charge in [0, 0.05) is 5.69 Å². The zero-order valence-electron chi connectivity index (χ0n) is 11.7. The molecule has 8 heteroatoms. The Morgan fingerprint density at radius 3 is 2.76 bits per heavy atom. The standard InChI is InChI=1S/C13H15N5O2S/c1-8-4-3-5-10(6-8)18-9(2)16-17-13(18)21-7-11(19)15-12(14)20/h3-6H,7H2,1-2H3,(H3,14,15,19,20). The van der Waals surface area contributed by atoms with Gasteiger partial charge < -0.3 is 5.73 Å². The Balaban J connectivity index is 2.19. The average Bonchev–Trinajstić information content (AvgIpc) is 2.77. The molecule has 0 aliphatic heterocycles. The number of aromatic nitrogens is 3. The molecule has 0 saturated heterocycles. The molecule has 0 aliphatic carbocycles. The summed E-state index contributed by atoms with van der Waals surface area (Å²) in [6.45, 7) is 3.83. The lowest BCUT2D eigenvalue weighted by Crippen LogP contribution is -2.36. The fourth-order valence-electron chi connectivity index (χ4n) is 1.80. The maximum atomic E-state index is 11.4. The maximum absolute atomic E-state index is 11.4. The number of urea groups is 1. The Hall–Kier alpha value is -2.35. The van der Waals surface area contributed by atoms with Crippen molar-refractivity contribution >= 4 is 23.7 Å². The number of nitrogens with zero attached hydrogens (tertiary/aromatic N) is 3. The predicted molar refractivity (Wildman–Crippen MR) is 79.3 cm³/mol. The molecule has 21 heavy (non-hydrogen) atoms. The lowest BCUT2D eigenvalue weighted by Gasteiger charge is -2.08. The molecule has 1 aromatic heterocycles. The fraction of sp³-hybridized carbons (Fsp3) is 0.231. The minimum Gasteiger partial charge on any atom is -0.351 e. The van der Waals surface area contributed by atoms with Crippen molar-refractivity contribution in [2.45, 2.75) is 19.0 Å². The van der Waals surface area contributed by atoms with Crippen LogP contribution >= 0.6 is 11.8 Å². The van der Waals surface area contributed by atoms with Crippen LogP contribution in [-0.4, -0.2) is 32.5 Å². The molecule has 2 rings (SSSR count). The van der Waals surface area contributed by atoms with E-state index in [0.717, 1.165) is 17.1 Å². The lowest BCUT2D eigenvalue weighted by molar-refractivity contribution is -0.117. The highest BCUT2D eigenvalue weighted by atomic mass is 32.2. The molecule has 3 amide bonds. The molecule has 0 fully saturated rings. The van der Waals surface area contributed by atoms with Gasteiger partial charge in [-0.2, -0.15) is 0 Å². The molecule has 3 N–H and O–H groups in total. The topological polar surface area (TPSA) is 103 Å². The van der Waals surface area contributed by atoms with Gasteiger partial charge in [-0.3, -0.25) is 14.7 Å². The number of nitrogens with one attached hydrogen (secondary N) is 1. The van der Waals surface area contributed by atoms with Crippen LogP contribution in [-0.2, 0) is 4.79 Å². The Morgan fingerprint density at radius 1 is 1.33 bits per heavy atom. The van der Waals surface area contributed by atoms with E-state index in [-0.39, 0.29) is 5.75 Å². The van der Waals surface area contributed by atoms with E-state index in [9.17, 15) is 9.59 Å². The van der Waals surface area contributed by atoms with Gasteiger partial charge in [0.25, 0.3) is 0 Å². The second-order valence-corrected chi connectivity index (χ2v) is 5.35. The Kier molecular flexibility index (Phi) is 4.59. The second kappa shape index (κ2) is 6.40. The summed E-state index contributed by atoms with van der Waals surface area (Å²) >= 11 is 1.19. The van der Waals surface area contributed by atoms with E-state index in [0.29, 0.717) is 5.16 Å². The SMILES string of the molecule is Cc1cccc(-n2c(C)nnc2SCC(=O)NC(N)=O)c1. The number of aryl methyl sites for hydroxylation is 2. The molecule has 1 heterocycles. The first-order valence-electron chi connectivity index (χ1n) is 6.18. The van der Waals surface area contributed by atoms with Crippen LogP contribution in [0.2, 0.25) is 0 Å². The molecule has 0 spiro atoms. The summed E-state index contributed by atoms with van der Waals surface area (Å²) in [5.74, 6) is 0.287. The molecule has 110 valence electrons. The van der Waals surface area contributed by atoms with E-state index < -0.39 is 11.9 Å². The summed E-state index contributed by atoms with van der Waals surface area (Å²) in [7, 11) is 0. The van der Waals surface area contributed by atoms with E-state index in [1.165, 1.54) is 11.8 Å². The summed E-state index contributed by atoms with van der Waals surface area (Å²) < 4.78 is 1.86. The molecular weight excluding hydrogens is 290 g/mol. The zero-order chi connectivity index (χ0) is 15.4. The Labute approximate surface area is 125 Å². The van der Waals surface area contributed by atoms with E-state index in [1.807, 2.05) is 48.0 Å². The van der Waals surface area contributed by atoms with Gasteiger partial charge >= 0.3 is 6.03 Å². The third kappa shape index (κ3) is 3.82. The number of amides is 3. The molecule has 0 unspecified atom stereocenters. The molecule has 0 bridgehead atoms. The molecule has 0 aliphatic rings. The summed E-state index contributed by atoms with van der Waals surface area (Å²) in [5, 5.41) is 10.7. The third-order valence-corrected chi connectivity index (χ3v) is 3.58. The molecule has 7 nitrogen and oxygen atoms in total. The smallest absolute Gasteiger partial charge is 0.318 e. The number of carbonyl (C=O) groups is 2. The summed E-state index contributed by atoms with van der Waals surface area (Å²) in [5.41, 5.74) is 6.93. The van der Waals surface area contributed by atoms with Gasteiger partial charge in [-0.15, -0.1) is 10.2 Å². The number of thioether (sulfide) groups is 1. The number of imide groups is 1. The van der Waals surface area contributed by atoms with Gasteiger partial charge in [-0.25, -0.2) is 4.79 Å². The quantitative estimate of drug-likeness (QED) is 0.825. The van der Waals surface area contributed by atoms with E-state index in [2.05, 4.69) is 10.2 Å². The van der Waals surface area contributed by atoms with Gasteiger partial charge in [0.2, 0.25) is 5.91 Å². The average molecular weight is 305 g/mol. The number of carbonyl (C=O) groups excluding carboxylic acids is 2. The van der Waals surface area contributed by atoms with Crippen molar-refractivity contribution in [2.75, 3.05) is 5.75 Å². The summed E-state index contributed by atoms with van der Waals surface area (Å²) in [4.78, 5) is 22.0. The van der Waals surface area contributed by atoms with Crippen molar-refractivity contribution in [3.05, 3.63) is 35.7 Å². The van der Waals surface area contributed by atoms with Crippen molar-refractivity contribution in [3.8, 4) is 5.69 Å². The van der Waals surface area contributed by atoms with Crippen molar-refractivity contribution in [1.82, 2.24) is 20.1 Å². The normalized spacial score (nSPS) is 10.4. The van der Waals surface area contributed by atoms with Crippen molar-refractivity contribution < 1.29 is 9.59 Å². The third-order valence-electron chi connectivity index (χ3n) is 2.65. The lowest BCUT2D eigenvalue weighted by atomic mass is 10.2. The van der Waals surface area contributed by atoms with E-state index in [4.69, 9.17) is 5.73 Å². The number of nitrogens with two attached hydrogens (primary N) is 1. The van der Waals surface area contributed by atoms with Crippen molar-refractivity contribution in [1.29, 1.82) is 0 Å². The van der Waals surface area contributed by atoms with Gasteiger partial charge in [-0.05, 0) is 31.5 Å². The van der Waals surface area contributed by atoms with Gasteiger partial charge in [0.15, 0.2) is 5.16 Å². The van der Waals surface area contributed by atoms with Crippen LogP contribution in [0.5, 0.6) is 0 Å². The van der Waals surface area contributed by atoms with Gasteiger partial charge in [0.05, 0.1) is 5.75 Å². The first-order chi connectivity index (χ1) is 9.97. The molecule has 0 atom stereocenters. The molecular formula is C13H15N5O2S. The molecule has 2 aromatic rings. The predicted octanol–water partition coefficient (Wildman–Crippen LogP) is 1.17. The highest BCUT2D eigenvalue weighted by Gasteiger charge is 2.14. The van der Waals surface area contributed by atoms with Crippen LogP contribution in [0.4, 0.5) is 4.79 Å². The number of rotatable bonds is 4. The van der Waals surface area contributed by atoms with Crippen LogP contribution in [0.25, 0.3) is 5.69 Å². The summed E-state index contributed by atoms with van der Waals surface area (Å²) in [6.07, 6.45) is 0. The number of benzene rings is 1. The van der Waals surface area contributed by atoms with Crippen LogP contribution in [0.15, 0.2) is 29.4 Å². The largest absolute Gasteiger partial charge is 0.351 e. The highest BCUT2D eigenvalue weighted by Crippen LogP contribution is 2.22. The van der Waals surface area contributed by atoms with Crippen LogP contribution in [0.1, 0.15) is 11.4 Å². The second-order valence-electron chi connectivity index (χ2n) is 4.41. The highest BCUT2D eigenvalue weighted by molar-refractivity contribution is 7.99. The molecule has 1 aromatic carbocycles. The van der Waals surface area contributed by atoms with E-state index >= 15 is 0 Å². The van der Waals surface area contributed by atoms with Crippen molar-refractivity contribution in [3.63, 3.8) is 0 Å². The van der Waals surface area contributed by atoms with Gasteiger partial charge in [0.1, 0.15) is 5.82 Å². The van der Waals surface area contributed by atoms with Crippen LogP contribution in [0, 0.1) is 13.8 Å². The van der Waals surface area contributed by atoms with Crippen LogP contribution in [0.3, 0.4) is 0 Å². The number of primary amides is 1. The van der Waals surface area contributed by atoms with Crippen molar-refractivity contribution in [2.24, 2.45) is 5.73 Å². The molecule has 0 radical (unpaired) electrons. The number of hydrogen-bond donors (Lipinski definition) is 2. The van der Waals surface area contributed by atoms with Crippen LogP contribution < -0.4 is 11.1 Å². The minimum atomic E-state index is -0.864. The van der Waals surface area contributed by atoms with Gasteiger partial charge in [-0.1, -0.05) is 23.9 Å². The Bertz CT molecular complexity index is 683. The maximum Gasteiger partial charge on any atom is 0.318 e. The Morgan fingerprint density at radius 2 is 2.10 bits per heavy atom. The summed E-state index contributed by atoms with van der Waals surface area (Å²) in [6, 6.07) is 7.02.